The third-order valence-electron chi connectivity index (χ3n) is 4.65. The van der Waals surface area contributed by atoms with Crippen molar-refractivity contribution in [1.29, 1.82) is 0 Å². The highest BCUT2D eigenvalue weighted by Gasteiger charge is 2.27. The lowest BCUT2D eigenvalue weighted by Crippen LogP contribution is -2.50. The zero-order valence-electron chi connectivity index (χ0n) is 17.7. The second kappa shape index (κ2) is 11.1. The summed E-state index contributed by atoms with van der Waals surface area (Å²) in [6.45, 7) is 7.07. The van der Waals surface area contributed by atoms with Crippen LogP contribution in [-0.4, -0.2) is 35.4 Å². The van der Waals surface area contributed by atoms with E-state index in [0.29, 0.717) is 11.3 Å². The zero-order chi connectivity index (χ0) is 22.3. The van der Waals surface area contributed by atoms with Crippen LogP contribution >= 0.6 is 15.9 Å². The maximum atomic E-state index is 14.2. The van der Waals surface area contributed by atoms with E-state index in [1.165, 1.54) is 11.0 Å². The summed E-state index contributed by atoms with van der Waals surface area (Å²) in [6, 6.07) is 11.0. The number of carbonyl (C=O) groups is 2. The Morgan fingerprint density at radius 2 is 1.87 bits per heavy atom. The highest BCUT2D eigenvalue weighted by molar-refractivity contribution is 9.10. The number of halogens is 2. The summed E-state index contributed by atoms with van der Waals surface area (Å²) in [6.07, 6.45) is 0.886. The fraction of sp³-hybridized carbons (Fsp3) is 0.391. The van der Waals surface area contributed by atoms with Gasteiger partial charge in [0.2, 0.25) is 5.91 Å². The number of amides is 2. The van der Waals surface area contributed by atoms with Gasteiger partial charge in [0.05, 0.1) is 4.47 Å². The normalized spacial score (nSPS) is 11.8. The lowest BCUT2D eigenvalue weighted by atomic mass is 10.1. The molecular formula is C23H28BrFN2O3. The molecule has 0 saturated carbocycles. The van der Waals surface area contributed by atoms with E-state index in [9.17, 15) is 14.0 Å². The number of benzene rings is 2. The first-order chi connectivity index (χ1) is 14.2. The lowest BCUT2D eigenvalue weighted by molar-refractivity contribution is -0.142. The van der Waals surface area contributed by atoms with Crippen molar-refractivity contribution < 1.29 is 18.7 Å². The minimum atomic E-state index is -0.783. The van der Waals surface area contributed by atoms with Crippen molar-refractivity contribution in [3.8, 4) is 5.75 Å². The maximum Gasteiger partial charge on any atom is 0.261 e. The van der Waals surface area contributed by atoms with Gasteiger partial charge in [-0.25, -0.2) is 4.39 Å². The number of hydrogen-bond donors (Lipinski definition) is 1. The van der Waals surface area contributed by atoms with Gasteiger partial charge < -0.3 is 15.0 Å². The van der Waals surface area contributed by atoms with Crippen LogP contribution in [0.25, 0.3) is 0 Å². The number of nitrogens with one attached hydrogen (secondary N) is 1. The van der Waals surface area contributed by atoms with E-state index in [4.69, 9.17) is 4.74 Å². The molecule has 0 aliphatic rings. The predicted octanol–water partition coefficient (Wildman–Crippen LogP) is 4.47. The number of hydrogen-bond acceptors (Lipinski definition) is 3. The van der Waals surface area contributed by atoms with Gasteiger partial charge in [0, 0.05) is 18.2 Å². The Labute approximate surface area is 185 Å². The molecule has 0 saturated heterocycles. The Hall–Kier alpha value is -2.41. The average Bonchev–Trinajstić information content (AvgIpc) is 2.71. The summed E-state index contributed by atoms with van der Waals surface area (Å²) in [5.74, 6) is -0.601. The third kappa shape index (κ3) is 6.55. The molecule has 0 aliphatic carbocycles. The van der Waals surface area contributed by atoms with Crippen molar-refractivity contribution in [2.75, 3.05) is 6.61 Å². The first kappa shape index (κ1) is 23.9. The van der Waals surface area contributed by atoms with Crippen LogP contribution in [0.15, 0.2) is 46.9 Å². The molecule has 2 amide bonds. The number of ether oxygens (including phenoxy) is 1. The van der Waals surface area contributed by atoms with Gasteiger partial charge in [0.1, 0.15) is 17.6 Å². The Morgan fingerprint density at radius 3 is 2.47 bits per heavy atom. The molecule has 2 rings (SSSR count). The van der Waals surface area contributed by atoms with Crippen LogP contribution in [0.2, 0.25) is 0 Å². The van der Waals surface area contributed by atoms with Gasteiger partial charge in [-0.15, -0.1) is 0 Å². The van der Waals surface area contributed by atoms with Gasteiger partial charge in [-0.1, -0.05) is 31.2 Å². The monoisotopic (exact) mass is 478 g/mol. The molecule has 0 spiro atoms. The molecule has 1 N–H and O–H groups in total. The van der Waals surface area contributed by atoms with Crippen molar-refractivity contribution >= 4 is 27.7 Å². The van der Waals surface area contributed by atoms with E-state index >= 15 is 0 Å². The fourth-order valence-corrected chi connectivity index (χ4v) is 3.44. The molecule has 1 atom stereocenters. The first-order valence-electron chi connectivity index (χ1n) is 9.97. The first-order valence-corrected chi connectivity index (χ1v) is 10.8. The van der Waals surface area contributed by atoms with Crippen LogP contribution in [0.3, 0.4) is 0 Å². The van der Waals surface area contributed by atoms with E-state index in [1.807, 2.05) is 26.0 Å². The average molecular weight is 479 g/mol. The van der Waals surface area contributed by atoms with Crippen molar-refractivity contribution in [1.82, 2.24) is 10.2 Å². The van der Waals surface area contributed by atoms with Crippen molar-refractivity contribution in [2.45, 2.75) is 52.7 Å². The summed E-state index contributed by atoms with van der Waals surface area (Å²) in [7, 11) is 0. The maximum absolute atomic E-state index is 14.2. The number of rotatable bonds is 9. The topological polar surface area (TPSA) is 58.6 Å². The van der Waals surface area contributed by atoms with Crippen LogP contribution in [-0.2, 0) is 22.6 Å². The van der Waals surface area contributed by atoms with E-state index in [-0.39, 0.29) is 25.1 Å². The quantitative estimate of drug-likeness (QED) is 0.578. The van der Waals surface area contributed by atoms with E-state index in [1.54, 1.807) is 31.2 Å². The van der Waals surface area contributed by atoms with Gasteiger partial charge >= 0.3 is 0 Å². The molecule has 30 heavy (non-hydrogen) atoms. The molecule has 0 aromatic heterocycles. The molecule has 0 fully saturated rings. The summed E-state index contributed by atoms with van der Waals surface area (Å²) < 4.78 is 20.6. The number of nitrogens with zero attached hydrogens (tertiary/aromatic N) is 1. The predicted molar refractivity (Wildman–Crippen MR) is 119 cm³/mol. The largest absolute Gasteiger partial charge is 0.483 e. The molecule has 0 radical (unpaired) electrons. The smallest absolute Gasteiger partial charge is 0.261 e. The van der Waals surface area contributed by atoms with E-state index in [0.717, 1.165) is 16.5 Å². The SMILES string of the molecule is CCc1ccc(OCC(=O)N(Cc2ccccc2F)[C@@H](C)C(=O)NC(C)C)c(Br)c1. The van der Waals surface area contributed by atoms with Crippen molar-refractivity contribution in [3.63, 3.8) is 0 Å². The van der Waals surface area contributed by atoms with E-state index < -0.39 is 17.8 Å². The van der Waals surface area contributed by atoms with Crippen LogP contribution < -0.4 is 10.1 Å². The number of carbonyl (C=O) groups excluding carboxylic acids is 2. The van der Waals surface area contributed by atoms with E-state index in [2.05, 4.69) is 28.2 Å². The second-order valence-corrected chi connectivity index (χ2v) is 8.21. The van der Waals surface area contributed by atoms with Gasteiger partial charge in [0.25, 0.3) is 5.91 Å². The van der Waals surface area contributed by atoms with Gasteiger partial charge in [0.15, 0.2) is 6.61 Å². The Balaban J connectivity index is 2.18. The third-order valence-corrected chi connectivity index (χ3v) is 5.27. The molecule has 0 bridgehead atoms. The molecule has 0 aliphatic heterocycles. The Kier molecular flexibility index (Phi) is 8.84. The summed E-state index contributed by atoms with van der Waals surface area (Å²) in [5.41, 5.74) is 1.48. The molecule has 5 nitrogen and oxygen atoms in total. The summed E-state index contributed by atoms with van der Waals surface area (Å²) in [4.78, 5) is 26.8. The molecule has 7 heteroatoms. The van der Waals surface area contributed by atoms with Gasteiger partial charge in [-0.2, -0.15) is 0 Å². The standard InChI is InChI=1S/C23H28BrFN2O3/c1-5-17-10-11-21(19(24)12-17)30-14-22(28)27(16(4)23(29)26-15(2)3)13-18-8-6-7-9-20(18)25/h6-12,15-16H,5,13-14H2,1-4H3,(H,26,29)/t16-/m0/s1. The number of aryl methyl sites for hydroxylation is 1. The summed E-state index contributed by atoms with van der Waals surface area (Å²) in [5, 5.41) is 2.80. The highest BCUT2D eigenvalue weighted by atomic mass is 79.9. The molecule has 162 valence electrons. The lowest BCUT2D eigenvalue weighted by Gasteiger charge is -2.29. The van der Waals surface area contributed by atoms with Gasteiger partial charge in [-0.3, -0.25) is 9.59 Å². The molecule has 2 aromatic carbocycles. The molecule has 0 heterocycles. The van der Waals surface area contributed by atoms with Crippen LogP contribution in [0.1, 0.15) is 38.8 Å². The fourth-order valence-electron chi connectivity index (χ4n) is 2.90. The minimum Gasteiger partial charge on any atom is -0.483 e. The minimum absolute atomic E-state index is 0.0303. The van der Waals surface area contributed by atoms with Crippen molar-refractivity contribution in [3.05, 3.63) is 63.9 Å². The van der Waals surface area contributed by atoms with Crippen LogP contribution in [0, 0.1) is 5.82 Å². The molecular weight excluding hydrogens is 451 g/mol. The molecule has 0 unspecified atom stereocenters. The zero-order valence-corrected chi connectivity index (χ0v) is 19.3. The Morgan fingerprint density at radius 1 is 1.17 bits per heavy atom. The second-order valence-electron chi connectivity index (χ2n) is 7.36. The highest BCUT2D eigenvalue weighted by Crippen LogP contribution is 2.26. The summed E-state index contributed by atoms with van der Waals surface area (Å²) >= 11 is 3.45. The van der Waals surface area contributed by atoms with Crippen molar-refractivity contribution in [2.24, 2.45) is 0 Å². The van der Waals surface area contributed by atoms with Crippen LogP contribution in [0.4, 0.5) is 4.39 Å². The Bertz CT molecular complexity index is 889. The van der Waals surface area contributed by atoms with Gasteiger partial charge in [-0.05, 0) is 66.9 Å². The molecule has 2 aromatic rings. The van der Waals surface area contributed by atoms with Crippen LogP contribution in [0.5, 0.6) is 5.75 Å².